The van der Waals surface area contributed by atoms with Crippen LogP contribution in [0.25, 0.3) is 31.2 Å². The Morgan fingerprint density at radius 2 is 1.30 bits per heavy atom. The Balaban J connectivity index is 1.73. The van der Waals surface area contributed by atoms with E-state index in [1.165, 1.54) is 90.6 Å². The van der Waals surface area contributed by atoms with Gasteiger partial charge in [-0.1, -0.05) is 121 Å². The van der Waals surface area contributed by atoms with Gasteiger partial charge in [-0.15, -0.1) is 22.7 Å². The molecule has 0 fully saturated rings. The summed E-state index contributed by atoms with van der Waals surface area (Å²) in [4.78, 5) is 10.9. The van der Waals surface area contributed by atoms with Crippen LogP contribution in [0.1, 0.15) is 155 Å². The minimum Gasteiger partial charge on any atom is -0.258 e. The van der Waals surface area contributed by atoms with Crippen LogP contribution < -0.4 is 0 Å². The van der Waals surface area contributed by atoms with Gasteiger partial charge in [-0.05, 0) is 53.4 Å². The van der Waals surface area contributed by atoms with Gasteiger partial charge < -0.3 is 0 Å². The number of hydrogen-bond donors (Lipinski definition) is 0. The first-order chi connectivity index (χ1) is 20.9. The van der Waals surface area contributed by atoms with E-state index in [0.29, 0.717) is 0 Å². The number of fused-ring (bicyclic) bond motifs is 4. The summed E-state index contributed by atoms with van der Waals surface area (Å²) >= 11 is 5.38. The summed E-state index contributed by atoms with van der Waals surface area (Å²) in [5, 5.41) is 0. The molecule has 5 rings (SSSR count). The quantitative estimate of drug-likeness (QED) is 0.145. The summed E-state index contributed by atoms with van der Waals surface area (Å²) in [5.74, 6) is 1.47. The first-order valence-electron chi connectivity index (χ1n) is 17.3. The van der Waals surface area contributed by atoms with E-state index in [9.17, 15) is 0 Å². The van der Waals surface area contributed by atoms with E-state index in [-0.39, 0.29) is 16.2 Å². The Hall–Kier alpha value is -1.63. The second-order valence-corrected chi connectivity index (χ2v) is 18.1. The third-order valence-corrected chi connectivity index (χ3v) is 13.5. The van der Waals surface area contributed by atoms with Gasteiger partial charge in [0.15, 0.2) is 0 Å². The number of pyridine rings is 1. The molecule has 0 N–H and O–H groups in total. The highest BCUT2D eigenvalue weighted by Gasteiger charge is 2.48. The molecule has 240 valence electrons. The Morgan fingerprint density at radius 3 is 1.84 bits per heavy atom. The highest BCUT2D eigenvalue weighted by molar-refractivity contribution is 7.24. The molecule has 4 heterocycles. The molecule has 44 heavy (non-hydrogen) atoms. The summed E-state index contributed by atoms with van der Waals surface area (Å²) in [6.07, 6.45) is 15.0. The highest BCUT2D eigenvalue weighted by Crippen LogP contribution is 2.62. The first kappa shape index (κ1) is 33.7. The maximum absolute atomic E-state index is 5.03. The molecule has 0 saturated heterocycles. The van der Waals surface area contributed by atoms with Gasteiger partial charge in [0.2, 0.25) is 0 Å². The van der Waals surface area contributed by atoms with Crippen molar-refractivity contribution < 1.29 is 0 Å². The minimum atomic E-state index is -0.0740. The lowest BCUT2D eigenvalue weighted by Gasteiger charge is -2.38. The van der Waals surface area contributed by atoms with E-state index in [0.717, 1.165) is 34.1 Å². The molecule has 4 aromatic rings. The first-order valence-corrected chi connectivity index (χ1v) is 19.7. The molecule has 2 atom stereocenters. The zero-order chi connectivity index (χ0) is 31.9. The van der Waals surface area contributed by atoms with Crippen molar-refractivity contribution in [3.05, 3.63) is 40.0 Å². The maximum Gasteiger partial charge on any atom is 0.127 e. The molecular weight excluding hydrogens is 595 g/mol. The fourth-order valence-electron chi connectivity index (χ4n) is 7.37. The maximum atomic E-state index is 5.03. The molecule has 1 aliphatic rings. The second-order valence-electron chi connectivity index (χ2n) is 15.5. The zero-order valence-corrected chi connectivity index (χ0v) is 31.5. The molecule has 0 radical (unpaired) electrons. The molecule has 6 heteroatoms. The van der Waals surface area contributed by atoms with Gasteiger partial charge in [-0.3, -0.25) is 4.98 Å². The summed E-state index contributed by atoms with van der Waals surface area (Å²) in [5.41, 5.74) is 7.57. The van der Waals surface area contributed by atoms with Crippen molar-refractivity contribution in [2.75, 3.05) is 0 Å². The molecule has 0 aliphatic heterocycles. The molecule has 0 saturated carbocycles. The summed E-state index contributed by atoms with van der Waals surface area (Å²) in [7, 11) is 0. The fourth-order valence-corrected chi connectivity index (χ4v) is 10.7. The molecule has 3 nitrogen and oxygen atoms in total. The van der Waals surface area contributed by atoms with E-state index in [1.54, 1.807) is 16.0 Å². The van der Waals surface area contributed by atoms with Crippen LogP contribution in [0.2, 0.25) is 0 Å². The molecule has 2 unspecified atom stereocenters. The molecule has 0 aromatic carbocycles. The third kappa shape index (κ3) is 6.34. The van der Waals surface area contributed by atoms with E-state index >= 15 is 0 Å². The molecule has 0 spiro atoms. The van der Waals surface area contributed by atoms with Crippen molar-refractivity contribution in [2.45, 2.75) is 150 Å². The highest BCUT2D eigenvalue weighted by atomic mass is 32.1. The zero-order valence-electron chi connectivity index (χ0n) is 29.0. The number of unbranched alkanes of at least 4 members (excludes halogenated alkanes) is 2. The second kappa shape index (κ2) is 13.2. The Kier molecular flexibility index (Phi) is 10.1. The van der Waals surface area contributed by atoms with Gasteiger partial charge in [-0.2, -0.15) is 8.75 Å². The Labute approximate surface area is 279 Å². The molecular formula is C38H55N3S3. The predicted molar refractivity (Wildman–Crippen MR) is 196 cm³/mol. The lowest BCUT2D eigenvalue weighted by atomic mass is 9.65. The number of aromatic nitrogens is 3. The molecule has 4 aromatic heterocycles. The predicted octanol–water partition coefficient (Wildman–Crippen LogP) is 13.0. The van der Waals surface area contributed by atoms with Crippen LogP contribution in [0.3, 0.4) is 0 Å². The van der Waals surface area contributed by atoms with Gasteiger partial charge in [0.1, 0.15) is 11.0 Å². The SMILES string of the molecule is CCCCC(CC)CC1(CC(CC)CCCC)c2cc(-c3cnc(C(C)(C)C)c4nsnc34)sc2-c2sc(C(C)(C)C)cc21. The van der Waals surface area contributed by atoms with E-state index in [2.05, 4.69) is 98.9 Å². The Bertz CT molecular complexity index is 1540. The summed E-state index contributed by atoms with van der Waals surface area (Å²) in [6, 6.07) is 5.23. The molecule has 1 aliphatic carbocycles. The number of hydrogen-bond acceptors (Lipinski definition) is 6. The van der Waals surface area contributed by atoms with Crippen LogP contribution >= 0.6 is 34.4 Å². The van der Waals surface area contributed by atoms with Crippen molar-refractivity contribution in [1.29, 1.82) is 0 Å². The molecule has 0 bridgehead atoms. The van der Waals surface area contributed by atoms with Crippen molar-refractivity contribution in [3.8, 4) is 20.2 Å². The van der Waals surface area contributed by atoms with E-state index in [4.69, 9.17) is 13.7 Å². The monoisotopic (exact) mass is 649 g/mol. The Morgan fingerprint density at radius 1 is 0.727 bits per heavy atom. The number of nitrogens with zero attached hydrogens (tertiary/aromatic N) is 3. The van der Waals surface area contributed by atoms with Gasteiger partial charge in [0, 0.05) is 42.1 Å². The van der Waals surface area contributed by atoms with Gasteiger partial charge in [-0.25, -0.2) is 0 Å². The average molecular weight is 650 g/mol. The van der Waals surface area contributed by atoms with E-state index < -0.39 is 0 Å². The van der Waals surface area contributed by atoms with Crippen LogP contribution in [0, 0.1) is 11.8 Å². The van der Waals surface area contributed by atoms with Crippen LogP contribution in [-0.2, 0) is 16.2 Å². The third-order valence-electron chi connectivity index (χ3n) is 10.1. The van der Waals surface area contributed by atoms with Crippen LogP contribution in [0.4, 0.5) is 0 Å². The van der Waals surface area contributed by atoms with Crippen LogP contribution in [0.15, 0.2) is 18.3 Å². The van der Waals surface area contributed by atoms with Crippen LogP contribution in [0.5, 0.6) is 0 Å². The topological polar surface area (TPSA) is 38.7 Å². The summed E-state index contributed by atoms with van der Waals surface area (Å²) in [6.45, 7) is 23.4. The van der Waals surface area contributed by atoms with Gasteiger partial charge in [0.25, 0.3) is 0 Å². The number of thiophene rings is 2. The van der Waals surface area contributed by atoms with Crippen LogP contribution in [-0.4, -0.2) is 13.7 Å². The van der Waals surface area contributed by atoms with E-state index in [1.807, 2.05) is 11.3 Å². The minimum absolute atomic E-state index is 0.0699. The average Bonchev–Trinajstić information content (AvgIpc) is 3.75. The van der Waals surface area contributed by atoms with Crippen molar-refractivity contribution in [1.82, 2.24) is 13.7 Å². The largest absolute Gasteiger partial charge is 0.258 e. The van der Waals surface area contributed by atoms with Crippen molar-refractivity contribution >= 4 is 45.4 Å². The standard InChI is InChI=1S/C38H55N3S3/c1-11-15-17-24(13-3)21-38(22-25(14-4)18-16-12-2)27-19-29(42-33(27)34-28(38)20-30(43-34)36(5,6)7)26-23-39-35(37(8,9)10)32-31(26)40-44-41-32/h19-20,23-25H,11-18,21-22H2,1-10H3. The molecule has 0 amide bonds. The fraction of sp³-hybridized carbons (Fsp3) is 0.658. The summed E-state index contributed by atoms with van der Waals surface area (Å²) < 4.78 is 9.62. The normalized spacial score (nSPS) is 18.1. The van der Waals surface area contributed by atoms with Crippen molar-refractivity contribution in [2.24, 2.45) is 11.8 Å². The van der Waals surface area contributed by atoms with Gasteiger partial charge in [0.05, 0.1) is 17.4 Å². The smallest absolute Gasteiger partial charge is 0.127 e. The lowest BCUT2D eigenvalue weighted by Crippen LogP contribution is -2.31. The van der Waals surface area contributed by atoms with Gasteiger partial charge >= 0.3 is 0 Å². The lowest BCUT2D eigenvalue weighted by molar-refractivity contribution is 0.266. The number of rotatable bonds is 13. The van der Waals surface area contributed by atoms with Crippen molar-refractivity contribution in [3.63, 3.8) is 0 Å².